The Labute approximate surface area is 105 Å². The van der Waals surface area contributed by atoms with Gasteiger partial charge in [0.05, 0.1) is 5.02 Å². The van der Waals surface area contributed by atoms with Crippen molar-refractivity contribution in [3.8, 4) is 0 Å². The van der Waals surface area contributed by atoms with Crippen molar-refractivity contribution in [2.75, 3.05) is 32.1 Å². The molecule has 0 amide bonds. The Kier molecular flexibility index (Phi) is 3.81. The van der Waals surface area contributed by atoms with Gasteiger partial charge >= 0.3 is 0 Å². The standard InChI is InChI=1S/C11H16ClN5/c1-13-6-3-7-16(2)11-14-10-5-4-9(12)8-17(10)15-11/h4-5,8,13H,3,6-7H2,1-2H3. The van der Waals surface area contributed by atoms with Crippen LogP contribution in [0.15, 0.2) is 18.3 Å². The maximum absolute atomic E-state index is 5.90. The molecule has 0 aliphatic heterocycles. The second-order valence-corrected chi connectivity index (χ2v) is 4.38. The van der Waals surface area contributed by atoms with Crippen LogP contribution in [0.25, 0.3) is 5.65 Å². The Morgan fingerprint density at radius 3 is 3.06 bits per heavy atom. The fourth-order valence-electron chi connectivity index (χ4n) is 1.60. The van der Waals surface area contributed by atoms with Crippen molar-refractivity contribution < 1.29 is 0 Å². The molecule has 0 unspecified atom stereocenters. The molecule has 0 radical (unpaired) electrons. The molecule has 0 saturated carbocycles. The third-order valence-electron chi connectivity index (χ3n) is 2.55. The summed E-state index contributed by atoms with van der Waals surface area (Å²) in [5.74, 6) is 0.725. The minimum atomic E-state index is 0.659. The van der Waals surface area contributed by atoms with Gasteiger partial charge in [0.15, 0.2) is 5.65 Å². The average Bonchev–Trinajstić information content (AvgIpc) is 2.72. The van der Waals surface area contributed by atoms with Crippen molar-refractivity contribution in [2.24, 2.45) is 0 Å². The fourth-order valence-corrected chi connectivity index (χ4v) is 1.76. The molecule has 0 fully saturated rings. The van der Waals surface area contributed by atoms with Crippen LogP contribution in [0.4, 0.5) is 5.95 Å². The van der Waals surface area contributed by atoms with Crippen molar-refractivity contribution in [3.63, 3.8) is 0 Å². The molecule has 2 heterocycles. The van der Waals surface area contributed by atoms with Crippen LogP contribution in [-0.2, 0) is 0 Å². The molecule has 92 valence electrons. The second-order valence-electron chi connectivity index (χ2n) is 3.94. The van der Waals surface area contributed by atoms with E-state index in [2.05, 4.69) is 15.4 Å². The summed E-state index contributed by atoms with van der Waals surface area (Å²) in [5.41, 5.74) is 0.810. The highest BCUT2D eigenvalue weighted by atomic mass is 35.5. The molecular formula is C11H16ClN5. The first-order chi connectivity index (χ1) is 8.20. The zero-order valence-corrected chi connectivity index (χ0v) is 10.8. The van der Waals surface area contributed by atoms with Crippen LogP contribution in [0, 0.1) is 0 Å². The molecule has 6 heteroatoms. The molecule has 2 rings (SSSR count). The summed E-state index contributed by atoms with van der Waals surface area (Å²) in [7, 11) is 3.94. The normalized spacial score (nSPS) is 11.0. The third kappa shape index (κ3) is 2.87. The van der Waals surface area contributed by atoms with Crippen molar-refractivity contribution in [1.82, 2.24) is 19.9 Å². The van der Waals surface area contributed by atoms with Gasteiger partial charge in [0.1, 0.15) is 0 Å². The van der Waals surface area contributed by atoms with Crippen LogP contribution in [0.5, 0.6) is 0 Å². The third-order valence-corrected chi connectivity index (χ3v) is 2.77. The quantitative estimate of drug-likeness (QED) is 0.819. The van der Waals surface area contributed by atoms with Crippen molar-refractivity contribution in [1.29, 1.82) is 0 Å². The fraction of sp³-hybridized carbons (Fsp3) is 0.455. The number of halogens is 1. The van der Waals surface area contributed by atoms with Crippen molar-refractivity contribution in [3.05, 3.63) is 23.4 Å². The lowest BCUT2D eigenvalue weighted by Gasteiger charge is -2.13. The summed E-state index contributed by atoms with van der Waals surface area (Å²) >= 11 is 5.90. The summed E-state index contributed by atoms with van der Waals surface area (Å²) < 4.78 is 1.70. The van der Waals surface area contributed by atoms with Crippen LogP contribution in [0.1, 0.15) is 6.42 Å². The van der Waals surface area contributed by atoms with Crippen LogP contribution in [0.2, 0.25) is 5.02 Å². The molecule has 2 aromatic rings. The minimum absolute atomic E-state index is 0.659. The van der Waals surface area contributed by atoms with Gasteiger partial charge < -0.3 is 10.2 Å². The van der Waals surface area contributed by atoms with Crippen LogP contribution >= 0.6 is 11.6 Å². The Bertz CT molecular complexity index is 496. The molecular weight excluding hydrogens is 238 g/mol. The zero-order chi connectivity index (χ0) is 12.3. The number of rotatable bonds is 5. The highest BCUT2D eigenvalue weighted by Gasteiger charge is 2.08. The Morgan fingerprint density at radius 1 is 1.47 bits per heavy atom. The molecule has 0 atom stereocenters. The first-order valence-corrected chi connectivity index (χ1v) is 5.96. The molecule has 0 bridgehead atoms. The first kappa shape index (κ1) is 12.1. The van der Waals surface area contributed by atoms with E-state index < -0.39 is 0 Å². The molecule has 0 aliphatic carbocycles. The van der Waals surface area contributed by atoms with Gasteiger partial charge in [-0.3, -0.25) is 0 Å². The van der Waals surface area contributed by atoms with E-state index in [4.69, 9.17) is 11.6 Å². The molecule has 2 aromatic heterocycles. The number of hydrogen-bond donors (Lipinski definition) is 1. The number of hydrogen-bond acceptors (Lipinski definition) is 4. The lowest BCUT2D eigenvalue weighted by Crippen LogP contribution is -2.23. The van der Waals surface area contributed by atoms with E-state index in [1.54, 1.807) is 10.7 Å². The molecule has 0 aromatic carbocycles. The van der Waals surface area contributed by atoms with Gasteiger partial charge in [-0.2, -0.15) is 4.98 Å². The van der Waals surface area contributed by atoms with Crippen LogP contribution in [-0.4, -0.2) is 41.8 Å². The van der Waals surface area contributed by atoms with Gasteiger partial charge in [0.25, 0.3) is 0 Å². The summed E-state index contributed by atoms with van der Waals surface area (Å²) in [6.45, 7) is 1.91. The maximum Gasteiger partial charge on any atom is 0.245 e. The molecule has 5 nitrogen and oxygen atoms in total. The van der Waals surface area contributed by atoms with Crippen molar-refractivity contribution >= 4 is 23.2 Å². The molecule has 17 heavy (non-hydrogen) atoms. The van der Waals surface area contributed by atoms with E-state index in [0.29, 0.717) is 5.02 Å². The molecule has 0 saturated heterocycles. The largest absolute Gasteiger partial charge is 0.343 e. The maximum atomic E-state index is 5.90. The van der Waals surface area contributed by atoms with Gasteiger partial charge in [-0.1, -0.05) is 11.6 Å². The van der Waals surface area contributed by atoms with E-state index in [1.165, 1.54) is 0 Å². The lowest BCUT2D eigenvalue weighted by molar-refractivity contribution is 0.703. The summed E-state index contributed by atoms with van der Waals surface area (Å²) in [6, 6.07) is 3.68. The number of nitrogens with zero attached hydrogens (tertiary/aromatic N) is 4. The van der Waals surface area contributed by atoms with Crippen LogP contribution in [0.3, 0.4) is 0 Å². The van der Waals surface area contributed by atoms with E-state index in [-0.39, 0.29) is 0 Å². The van der Waals surface area contributed by atoms with E-state index in [0.717, 1.165) is 31.1 Å². The van der Waals surface area contributed by atoms with Gasteiger partial charge in [-0.15, -0.1) is 5.10 Å². The summed E-state index contributed by atoms with van der Waals surface area (Å²) in [4.78, 5) is 6.47. The highest BCUT2D eigenvalue weighted by Crippen LogP contribution is 2.13. The number of nitrogens with one attached hydrogen (secondary N) is 1. The number of aromatic nitrogens is 3. The number of fused-ring (bicyclic) bond motifs is 1. The first-order valence-electron chi connectivity index (χ1n) is 5.58. The predicted molar refractivity (Wildman–Crippen MR) is 69.8 cm³/mol. The number of anilines is 1. The molecule has 1 N–H and O–H groups in total. The molecule has 0 aliphatic rings. The van der Waals surface area contributed by atoms with E-state index in [9.17, 15) is 0 Å². The van der Waals surface area contributed by atoms with Crippen LogP contribution < -0.4 is 10.2 Å². The van der Waals surface area contributed by atoms with Gasteiger partial charge in [0.2, 0.25) is 5.95 Å². The zero-order valence-electron chi connectivity index (χ0n) is 10.0. The molecule has 0 spiro atoms. The lowest BCUT2D eigenvalue weighted by atomic mass is 10.4. The highest BCUT2D eigenvalue weighted by molar-refractivity contribution is 6.30. The topological polar surface area (TPSA) is 45.5 Å². The second kappa shape index (κ2) is 5.33. The average molecular weight is 254 g/mol. The van der Waals surface area contributed by atoms with E-state index in [1.807, 2.05) is 31.1 Å². The van der Waals surface area contributed by atoms with Crippen molar-refractivity contribution in [2.45, 2.75) is 6.42 Å². The monoisotopic (exact) mass is 253 g/mol. The minimum Gasteiger partial charge on any atom is -0.343 e. The van der Waals surface area contributed by atoms with Gasteiger partial charge in [-0.05, 0) is 32.1 Å². The summed E-state index contributed by atoms with van der Waals surface area (Å²) in [5, 5.41) is 8.16. The van der Waals surface area contributed by atoms with E-state index >= 15 is 0 Å². The van der Waals surface area contributed by atoms with Gasteiger partial charge in [-0.25, -0.2) is 4.52 Å². The Morgan fingerprint density at radius 2 is 2.29 bits per heavy atom. The summed E-state index contributed by atoms with van der Waals surface area (Å²) in [6.07, 6.45) is 2.82. The smallest absolute Gasteiger partial charge is 0.245 e. The SMILES string of the molecule is CNCCCN(C)c1nc2ccc(Cl)cn2n1. The Balaban J connectivity index is 2.12. The number of pyridine rings is 1. The Hall–Kier alpha value is -1.33. The predicted octanol–water partition coefficient (Wildman–Crippen LogP) is 1.43. The van der Waals surface area contributed by atoms with Gasteiger partial charge in [0, 0.05) is 19.8 Å².